The van der Waals surface area contributed by atoms with E-state index in [1.165, 1.54) is 12.1 Å². The van der Waals surface area contributed by atoms with E-state index in [9.17, 15) is 26.4 Å². The third kappa shape index (κ3) is 7.51. The van der Waals surface area contributed by atoms with E-state index < -0.39 is 44.1 Å². The van der Waals surface area contributed by atoms with Gasteiger partial charge in [0.2, 0.25) is 0 Å². The van der Waals surface area contributed by atoms with Gasteiger partial charge in [-0.2, -0.15) is 13.2 Å². The lowest BCUT2D eigenvalue weighted by molar-refractivity contribution is -0.139. The van der Waals surface area contributed by atoms with Crippen molar-refractivity contribution in [1.82, 2.24) is 5.32 Å². The van der Waals surface area contributed by atoms with Gasteiger partial charge in [0.25, 0.3) is 0 Å². The molecule has 196 valence electrons. The summed E-state index contributed by atoms with van der Waals surface area (Å²) in [6.07, 6.45) is -4.66. The van der Waals surface area contributed by atoms with E-state index >= 15 is 0 Å². The van der Waals surface area contributed by atoms with Crippen LogP contribution in [0.25, 0.3) is 10.1 Å². The summed E-state index contributed by atoms with van der Waals surface area (Å²) in [6.45, 7) is 2.30. The average molecular weight is 582 g/mol. The van der Waals surface area contributed by atoms with Crippen molar-refractivity contribution in [1.29, 1.82) is 0 Å². The van der Waals surface area contributed by atoms with E-state index in [1.54, 1.807) is 17.8 Å². The summed E-state index contributed by atoms with van der Waals surface area (Å²) in [5.74, 6) is -0.289. The van der Waals surface area contributed by atoms with Crippen LogP contribution in [0, 0.1) is 6.92 Å². The van der Waals surface area contributed by atoms with Gasteiger partial charge in [0, 0.05) is 32.3 Å². The van der Waals surface area contributed by atoms with E-state index in [0.29, 0.717) is 35.9 Å². The summed E-state index contributed by atoms with van der Waals surface area (Å²) in [6, 6.07) is 9.38. The van der Waals surface area contributed by atoms with Crippen LogP contribution in [0.15, 0.2) is 45.5 Å². The first-order valence-corrected chi connectivity index (χ1v) is 14.5. The Morgan fingerprint density at radius 3 is 2.61 bits per heavy atom. The van der Waals surface area contributed by atoms with Crippen LogP contribution in [0.1, 0.15) is 17.5 Å². The molecule has 0 saturated heterocycles. The highest BCUT2D eigenvalue weighted by Crippen LogP contribution is 2.45. The van der Waals surface area contributed by atoms with Gasteiger partial charge in [-0.15, -0.1) is 23.1 Å². The summed E-state index contributed by atoms with van der Waals surface area (Å²) in [5.41, 5.74) is -0.342. The number of benzene rings is 2. The third-order valence-corrected chi connectivity index (χ3v) is 9.80. The lowest BCUT2D eigenvalue weighted by Crippen LogP contribution is -2.21. The van der Waals surface area contributed by atoms with Crippen LogP contribution in [0.4, 0.5) is 13.2 Å². The highest BCUT2D eigenvalue weighted by atomic mass is 35.5. The van der Waals surface area contributed by atoms with Gasteiger partial charge in [-0.3, -0.25) is 0 Å². The number of alkyl halides is 3. The Bertz CT molecular complexity index is 1340. The van der Waals surface area contributed by atoms with Crippen molar-refractivity contribution < 1.29 is 36.2 Å². The first-order chi connectivity index (χ1) is 16.9. The lowest BCUT2D eigenvalue weighted by Gasteiger charge is -2.10. The molecule has 0 bridgehead atoms. The summed E-state index contributed by atoms with van der Waals surface area (Å²) in [5, 5.41) is 11.7. The van der Waals surface area contributed by atoms with Gasteiger partial charge in [0.15, 0.2) is 16.4 Å². The minimum Gasteiger partial charge on any atom is -0.482 e. The molecule has 0 atom stereocenters. The van der Waals surface area contributed by atoms with Crippen LogP contribution in [0.5, 0.6) is 5.75 Å². The van der Waals surface area contributed by atoms with Gasteiger partial charge in [0.1, 0.15) is 9.96 Å². The first-order valence-electron chi connectivity index (χ1n) is 10.7. The van der Waals surface area contributed by atoms with Gasteiger partial charge in [0.05, 0.1) is 11.3 Å². The molecule has 0 radical (unpaired) electrons. The minimum absolute atomic E-state index is 0.106. The standard InChI is InChI=1S/C23H23ClF3NO5S3/c1-14-11-16(4-5-18(14)33-13-20(29)30)34-9-8-28-7-2-10-36(31,32)22-21(23(25,26)27)17-12-15(24)3-6-19(17)35-22/h3-6,11-12,28H,2,7-10,13H2,1H3,(H,29,30). The molecule has 0 aliphatic heterocycles. The maximum Gasteiger partial charge on any atom is 0.419 e. The number of hydrogen-bond donors (Lipinski definition) is 2. The number of hydrogen-bond acceptors (Lipinski definition) is 7. The summed E-state index contributed by atoms with van der Waals surface area (Å²) < 4.78 is 71.4. The number of carboxylic acid groups (broad SMARTS) is 1. The normalized spacial score (nSPS) is 12.2. The molecule has 0 unspecified atom stereocenters. The average Bonchev–Trinajstić information content (AvgIpc) is 3.18. The molecular formula is C23H23ClF3NO5S3. The zero-order valence-electron chi connectivity index (χ0n) is 19.0. The molecular weight excluding hydrogens is 559 g/mol. The van der Waals surface area contributed by atoms with E-state index in [4.69, 9.17) is 21.4 Å². The maximum absolute atomic E-state index is 13.7. The fourth-order valence-corrected chi connectivity index (χ4v) is 7.68. The number of thioether (sulfide) groups is 1. The Labute approximate surface area is 219 Å². The molecule has 3 rings (SSSR count). The Balaban J connectivity index is 1.49. The first kappa shape index (κ1) is 28.6. The van der Waals surface area contributed by atoms with E-state index in [-0.39, 0.29) is 21.5 Å². The molecule has 13 heteroatoms. The van der Waals surface area contributed by atoms with Gasteiger partial charge in [-0.25, -0.2) is 13.2 Å². The number of fused-ring (bicyclic) bond motifs is 1. The van der Waals surface area contributed by atoms with Crippen LogP contribution in [0.2, 0.25) is 5.02 Å². The smallest absolute Gasteiger partial charge is 0.419 e. The van der Waals surface area contributed by atoms with Crippen LogP contribution in [-0.4, -0.2) is 50.7 Å². The number of ether oxygens (including phenoxy) is 1. The molecule has 6 nitrogen and oxygen atoms in total. The molecule has 1 heterocycles. The number of thiophene rings is 1. The number of rotatable bonds is 12. The highest BCUT2D eigenvalue weighted by Gasteiger charge is 2.41. The molecule has 3 aromatic rings. The minimum atomic E-state index is -4.82. The van der Waals surface area contributed by atoms with Gasteiger partial charge in [-0.1, -0.05) is 11.6 Å². The van der Waals surface area contributed by atoms with Crippen molar-refractivity contribution in [2.45, 2.75) is 28.6 Å². The van der Waals surface area contributed by atoms with E-state index in [2.05, 4.69) is 5.32 Å². The number of aliphatic carboxylic acids is 1. The number of sulfone groups is 1. The SMILES string of the molecule is Cc1cc(SCCNCCCS(=O)(=O)c2sc3ccc(Cl)cc3c2C(F)(F)F)ccc1OCC(=O)O. The number of nitrogens with one attached hydrogen (secondary N) is 1. The Morgan fingerprint density at radius 2 is 1.94 bits per heavy atom. The monoisotopic (exact) mass is 581 g/mol. The molecule has 1 aromatic heterocycles. The Hall–Kier alpha value is -1.99. The molecule has 36 heavy (non-hydrogen) atoms. The molecule has 0 aliphatic rings. The van der Waals surface area contributed by atoms with Crippen molar-refractivity contribution in [3.05, 3.63) is 52.5 Å². The summed E-state index contributed by atoms with van der Waals surface area (Å²) in [4.78, 5) is 11.6. The van der Waals surface area contributed by atoms with E-state index in [1.807, 2.05) is 19.1 Å². The number of carbonyl (C=O) groups is 1. The Morgan fingerprint density at radius 1 is 1.19 bits per heavy atom. The molecule has 2 aromatic carbocycles. The van der Waals surface area contributed by atoms with Crippen LogP contribution in [-0.2, 0) is 20.8 Å². The van der Waals surface area contributed by atoms with Crippen molar-refractivity contribution in [2.75, 3.05) is 31.2 Å². The fourth-order valence-electron chi connectivity index (χ4n) is 3.39. The quantitative estimate of drug-likeness (QED) is 0.203. The number of halogens is 4. The predicted octanol–water partition coefficient (Wildman–Crippen LogP) is 5.89. The molecule has 2 N–H and O–H groups in total. The fraction of sp³-hybridized carbons (Fsp3) is 0.348. The second-order valence-corrected chi connectivity index (χ2v) is 12.7. The summed E-state index contributed by atoms with van der Waals surface area (Å²) in [7, 11) is -4.14. The molecule has 0 aliphatic carbocycles. The molecule has 0 amide bonds. The third-order valence-electron chi connectivity index (χ3n) is 5.00. The van der Waals surface area contributed by atoms with Gasteiger partial charge >= 0.3 is 12.1 Å². The van der Waals surface area contributed by atoms with Gasteiger partial charge < -0.3 is 15.2 Å². The largest absolute Gasteiger partial charge is 0.482 e. The molecule has 0 saturated carbocycles. The van der Waals surface area contributed by atoms with Gasteiger partial charge in [-0.05, 0) is 61.9 Å². The van der Waals surface area contributed by atoms with Crippen molar-refractivity contribution in [3.8, 4) is 5.75 Å². The number of aryl methyl sites for hydroxylation is 1. The molecule has 0 fully saturated rings. The van der Waals surface area contributed by atoms with E-state index in [0.717, 1.165) is 16.5 Å². The zero-order chi connectivity index (χ0) is 26.5. The lowest BCUT2D eigenvalue weighted by atomic mass is 10.2. The van der Waals surface area contributed by atoms with Crippen LogP contribution >= 0.6 is 34.7 Å². The van der Waals surface area contributed by atoms with Crippen molar-refractivity contribution in [2.24, 2.45) is 0 Å². The van der Waals surface area contributed by atoms with Crippen LogP contribution in [0.3, 0.4) is 0 Å². The molecule has 0 spiro atoms. The van der Waals surface area contributed by atoms with Crippen molar-refractivity contribution in [3.63, 3.8) is 0 Å². The maximum atomic E-state index is 13.7. The topological polar surface area (TPSA) is 92.7 Å². The second-order valence-electron chi connectivity index (χ2n) is 7.78. The zero-order valence-corrected chi connectivity index (χ0v) is 22.2. The van der Waals surface area contributed by atoms with Crippen LogP contribution < -0.4 is 10.1 Å². The second kappa shape index (κ2) is 12.0. The highest BCUT2D eigenvalue weighted by molar-refractivity contribution is 7.99. The number of carboxylic acids is 1. The predicted molar refractivity (Wildman–Crippen MR) is 136 cm³/mol. The van der Waals surface area contributed by atoms with Crippen molar-refractivity contribution >= 4 is 60.6 Å². The Kier molecular flexibility index (Phi) is 9.56. The summed E-state index contributed by atoms with van der Waals surface area (Å²) >= 11 is 8.00.